The summed E-state index contributed by atoms with van der Waals surface area (Å²) in [6, 6.07) is 2.21. The van der Waals surface area contributed by atoms with Crippen molar-refractivity contribution in [2.75, 3.05) is 25.0 Å². The van der Waals surface area contributed by atoms with E-state index in [1.807, 2.05) is 25.6 Å². The Morgan fingerprint density at radius 1 is 1.42 bits per heavy atom. The van der Waals surface area contributed by atoms with E-state index in [0.29, 0.717) is 24.3 Å². The van der Waals surface area contributed by atoms with E-state index in [0.717, 1.165) is 31.8 Å². The fourth-order valence-corrected chi connectivity index (χ4v) is 3.35. The summed E-state index contributed by atoms with van der Waals surface area (Å²) in [7, 11) is 1.84. The van der Waals surface area contributed by atoms with Crippen LogP contribution in [0.15, 0.2) is 24.7 Å². The Bertz CT molecular complexity index is 689. The summed E-state index contributed by atoms with van der Waals surface area (Å²) in [5.74, 6) is 2.12. The molecule has 0 spiro atoms. The van der Waals surface area contributed by atoms with Crippen LogP contribution in [0.1, 0.15) is 44.5 Å². The zero-order chi connectivity index (χ0) is 17.1. The molecule has 0 unspecified atom stereocenters. The second-order valence-corrected chi connectivity index (χ2v) is 6.78. The number of carbonyl (C=O) groups is 1. The molecule has 7 nitrogen and oxygen atoms in total. The van der Waals surface area contributed by atoms with Crippen molar-refractivity contribution < 1.29 is 4.79 Å². The monoisotopic (exact) mass is 330 g/mol. The van der Waals surface area contributed by atoms with Gasteiger partial charge >= 0.3 is 0 Å². The van der Waals surface area contributed by atoms with Crippen LogP contribution in [-0.2, 0) is 11.8 Å². The summed E-state index contributed by atoms with van der Waals surface area (Å²) in [5, 5.41) is 7.04. The summed E-state index contributed by atoms with van der Waals surface area (Å²) in [5.41, 5.74) is 0. The van der Waals surface area contributed by atoms with Crippen LogP contribution >= 0.6 is 0 Å². The molecular formula is C17H26N6O. The number of hydrogen-bond donors (Lipinski definition) is 1. The molecule has 1 aliphatic heterocycles. The maximum Gasteiger partial charge on any atom is 0.239 e. The minimum absolute atomic E-state index is 0.0125. The van der Waals surface area contributed by atoms with Crippen molar-refractivity contribution >= 4 is 11.7 Å². The smallest absolute Gasteiger partial charge is 0.239 e. The van der Waals surface area contributed by atoms with Crippen LogP contribution in [-0.4, -0.2) is 49.8 Å². The molecule has 0 aliphatic carbocycles. The topological polar surface area (TPSA) is 68.0 Å². The van der Waals surface area contributed by atoms with Crippen molar-refractivity contribution in [1.82, 2.24) is 24.2 Å². The highest BCUT2D eigenvalue weighted by atomic mass is 16.2. The van der Waals surface area contributed by atoms with E-state index in [9.17, 15) is 4.79 Å². The molecule has 0 saturated carbocycles. The lowest BCUT2D eigenvalue weighted by Crippen LogP contribution is -2.40. The average molecular weight is 330 g/mol. The van der Waals surface area contributed by atoms with Gasteiger partial charge in [-0.2, -0.15) is 5.10 Å². The lowest BCUT2D eigenvalue weighted by Gasteiger charge is -2.32. The third-order valence-electron chi connectivity index (χ3n) is 4.47. The van der Waals surface area contributed by atoms with Crippen molar-refractivity contribution in [3.8, 4) is 0 Å². The Balaban J connectivity index is 1.59. The van der Waals surface area contributed by atoms with Crippen molar-refractivity contribution in [2.24, 2.45) is 7.05 Å². The molecule has 3 heterocycles. The number of piperidine rings is 1. The normalized spacial score (nSPS) is 18.9. The first-order valence-electron chi connectivity index (χ1n) is 8.57. The van der Waals surface area contributed by atoms with Crippen molar-refractivity contribution in [1.29, 1.82) is 0 Å². The van der Waals surface area contributed by atoms with Crippen LogP contribution in [0, 0.1) is 0 Å². The molecule has 7 heteroatoms. The van der Waals surface area contributed by atoms with Gasteiger partial charge in [-0.3, -0.25) is 14.4 Å². The van der Waals surface area contributed by atoms with E-state index in [4.69, 9.17) is 0 Å². The van der Waals surface area contributed by atoms with E-state index in [-0.39, 0.29) is 5.91 Å². The van der Waals surface area contributed by atoms with Gasteiger partial charge in [0.2, 0.25) is 5.91 Å². The lowest BCUT2D eigenvalue weighted by atomic mass is 9.97. The SMILES string of the molecule is CC(C)n1ccnc1[C@H]1CCCN(CC(=O)Nc2ccn(C)n2)C1. The summed E-state index contributed by atoms with van der Waals surface area (Å²) >= 11 is 0. The molecule has 1 saturated heterocycles. The van der Waals surface area contributed by atoms with Gasteiger partial charge in [0.25, 0.3) is 0 Å². The first kappa shape index (κ1) is 16.7. The summed E-state index contributed by atoms with van der Waals surface area (Å²) in [6.07, 6.45) is 7.96. The molecule has 0 bridgehead atoms. The van der Waals surface area contributed by atoms with Gasteiger partial charge in [-0.15, -0.1) is 0 Å². The predicted molar refractivity (Wildman–Crippen MR) is 92.9 cm³/mol. The zero-order valence-electron chi connectivity index (χ0n) is 14.6. The van der Waals surface area contributed by atoms with E-state index in [2.05, 4.69) is 38.7 Å². The maximum atomic E-state index is 12.2. The molecule has 2 aromatic rings. The van der Waals surface area contributed by atoms with Gasteiger partial charge in [-0.25, -0.2) is 4.98 Å². The molecule has 1 fully saturated rings. The molecule has 0 aromatic carbocycles. The zero-order valence-corrected chi connectivity index (χ0v) is 14.6. The quantitative estimate of drug-likeness (QED) is 0.911. The summed E-state index contributed by atoms with van der Waals surface area (Å²) < 4.78 is 3.92. The predicted octanol–water partition coefficient (Wildman–Crippen LogP) is 2.02. The standard InChI is InChI=1S/C17H26N6O/c1-13(2)23-10-7-18-17(23)14-5-4-8-22(11-14)12-16(24)19-15-6-9-21(3)20-15/h6-7,9-10,13-14H,4-5,8,11-12H2,1-3H3,(H,19,20,24)/t14-/m0/s1. The fraction of sp³-hybridized carbons (Fsp3) is 0.588. The van der Waals surface area contributed by atoms with Gasteiger partial charge in [0.05, 0.1) is 6.54 Å². The molecule has 1 N–H and O–H groups in total. The van der Waals surface area contributed by atoms with Crippen LogP contribution in [0.3, 0.4) is 0 Å². The molecule has 2 aromatic heterocycles. The second-order valence-electron chi connectivity index (χ2n) is 6.78. The van der Waals surface area contributed by atoms with E-state index >= 15 is 0 Å². The third-order valence-corrected chi connectivity index (χ3v) is 4.47. The molecule has 1 aliphatic rings. The highest BCUT2D eigenvalue weighted by molar-refractivity contribution is 5.91. The lowest BCUT2D eigenvalue weighted by molar-refractivity contribution is -0.117. The Morgan fingerprint density at radius 3 is 2.96 bits per heavy atom. The highest BCUT2D eigenvalue weighted by Crippen LogP contribution is 2.27. The molecule has 0 radical (unpaired) electrons. The largest absolute Gasteiger partial charge is 0.332 e. The van der Waals surface area contributed by atoms with Crippen LogP contribution < -0.4 is 5.32 Å². The van der Waals surface area contributed by atoms with Crippen molar-refractivity contribution in [3.05, 3.63) is 30.5 Å². The van der Waals surface area contributed by atoms with Crippen LogP contribution in [0.4, 0.5) is 5.82 Å². The average Bonchev–Trinajstić information content (AvgIpc) is 3.16. The van der Waals surface area contributed by atoms with Crippen LogP contribution in [0.5, 0.6) is 0 Å². The van der Waals surface area contributed by atoms with Crippen LogP contribution in [0.2, 0.25) is 0 Å². The first-order chi connectivity index (χ1) is 11.5. The van der Waals surface area contributed by atoms with Gasteiger partial charge in [0.1, 0.15) is 5.82 Å². The number of hydrogen-bond acceptors (Lipinski definition) is 4. The molecule has 1 amide bonds. The number of aryl methyl sites for hydroxylation is 1. The number of aromatic nitrogens is 4. The van der Waals surface area contributed by atoms with Gasteiger partial charge in [-0.05, 0) is 33.2 Å². The molecular weight excluding hydrogens is 304 g/mol. The van der Waals surface area contributed by atoms with Gasteiger partial charge in [-0.1, -0.05) is 0 Å². The minimum atomic E-state index is -0.0125. The van der Waals surface area contributed by atoms with E-state index in [1.54, 1.807) is 10.7 Å². The highest BCUT2D eigenvalue weighted by Gasteiger charge is 2.26. The molecule has 3 rings (SSSR count). The fourth-order valence-electron chi connectivity index (χ4n) is 3.35. The van der Waals surface area contributed by atoms with Crippen molar-refractivity contribution in [3.63, 3.8) is 0 Å². The number of likely N-dealkylation sites (tertiary alicyclic amines) is 1. The number of nitrogens with zero attached hydrogens (tertiary/aromatic N) is 5. The number of nitrogens with one attached hydrogen (secondary N) is 1. The molecule has 24 heavy (non-hydrogen) atoms. The Morgan fingerprint density at radius 2 is 2.25 bits per heavy atom. The maximum absolute atomic E-state index is 12.2. The van der Waals surface area contributed by atoms with Gasteiger partial charge in [0, 0.05) is 50.2 Å². The van der Waals surface area contributed by atoms with E-state index < -0.39 is 0 Å². The summed E-state index contributed by atoms with van der Waals surface area (Å²) in [4.78, 5) is 19.0. The van der Waals surface area contributed by atoms with Crippen LogP contribution in [0.25, 0.3) is 0 Å². The van der Waals surface area contributed by atoms with E-state index in [1.165, 1.54) is 0 Å². The number of rotatable bonds is 5. The molecule has 1 atom stereocenters. The minimum Gasteiger partial charge on any atom is -0.332 e. The second kappa shape index (κ2) is 7.17. The Labute approximate surface area is 142 Å². The number of amides is 1. The van der Waals surface area contributed by atoms with Gasteiger partial charge in [0.15, 0.2) is 5.82 Å². The van der Waals surface area contributed by atoms with Crippen molar-refractivity contribution in [2.45, 2.75) is 38.6 Å². The Kier molecular flexibility index (Phi) is 4.99. The number of carbonyl (C=O) groups excluding carboxylic acids is 1. The van der Waals surface area contributed by atoms with Gasteiger partial charge < -0.3 is 9.88 Å². The summed E-state index contributed by atoms with van der Waals surface area (Å²) in [6.45, 7) is 6.57. The number of imidazole rings is 1. The Hall–Kier alpha value is -2.15. The number of anilines is 1. The third kappa shape index (κ3) is 3.84. The molecule has 130 valence electrons. The first-order valence-corrected chi connectivity index (χ1v) is 8.57.